The maximum atomic E-state index is 11.8. The fourth-order valence-corrected chi connectivity index (χ4v) is 2.33. The first-order valence-electron chi connectivity index (χ1n) is 5.83. The van der Waals surface area contributed by atoms with Crippen LogP contribution in [0.4, 0.5) is 8.78 Å². The average molecular weight is 293 g/mol. The van der Waals surface area contributed by atoms with Crippen LogP contribution in [0, 0.1) is 0 Å². The summed E-state index contributed by atoms with van der Waals surface area (Å²) in [5, 5.41) is 3.08. The van der Waals surface area contributed by atoms with E-state index in [1.807, 2.05) is 12.1 Å². The molecule has 0 amide bonds. The van der Waals surface area contributed by atoms with E-state index in [0.717, 1.165) is 9.75 Å². The van der Waals surface area contributed by atoms with Crippen LogP contribution < -0.4 is 5.32 Å². The number of ether oxygens (including phenoxy) is 2. The van der Waals surface area contributed by atoms with Crippen molar-refractivity contribution in [3.63, 3.8) is 0 Å². The molecule has 1 heterocycles. The van der Waals surface area contributed by atoms with Gasteiger partial charge < -0.3 is 14.8 Å². The maximum Gasteiger partial charge on any atom is 0.310 e. The number of nitrogens with one attached hydrogen (secondary N) is 1. The van der Waals surface area contributed by atoms with Crippen molar-refractivity contribution in [3.8, 4) is 0 Å². The van der Waals surface area contributed by atoms with Crippen molar-refractivity contribution in [1.82, 2.24) is 5.32 Å². The lowest BCUT2D eigenvalue weighted by Gasteiger charge is -2.04. The minimum Gasteiger partial charge on any atom is -0.469 e. The average Bonchev–Trinajstić information content (AvgIpc) is 2.80. The van der Waals surface area contributed by atoms with Gasteiger partial charge in [0.1, 0.15) is 6.61 Å². The summed E-state index contributed by atoms with van der Waals surface area (Å²) in [7, 11) is 1.36. The predicted octanol–water partition coefficient (Wildman–Crippen LogP) is 1.83. The molecule has 0 saturated heterocycles. The number of carbonyl (C=O) groups excluding carboxylic acids is 1. The summed E-state index contributed by atoms with van der Waals surface area (Å²) >= 11 is 1.52. The quantitative estimate of drug-likeness (QED) is 0.557. The molecule has 0 bridgehead atoms. The zero-order valence-electron chi connectivity index (χ0n) is 10.7. The van der Waals surface area contributed by atoms with Crippen molar-refractivity contribution in [3.05, 3.63) is 21.9 Å². The van der Waals surface area contributed by atoms with E-state index in [0.29, 0.717) is 13.1 Å². The number of hydrogen-bond donors (Lipinski definition) is 1. The van der Waals surface area contributed by atoms with E-state index in [1.165, 1.54) is 18.4 Å². The molecule has 1 aromatic heterocycles. The molecule has 108 valence electrons. The van der Waals surface area contributed by atoms with Crippen LogP contribution >= 0.6 is 11.3 Å². The van der Waals surface area contributed by atoms with Gasteiger partial charge in [0.15, 0.2) is 0 Å². The number of alkyl halides is 2. The van der Waals surface area contributed by atoms with E-state index < -0.39 is 13.0 Å². The second kappa shape index (κ2) is 8.95. The number of thiophene rings is 1. The Morgan fingerprint density at radius 3 is 2.84 bits per heavy atom. The number of hydrogen-bond acceptors (Lipinski definition) is 5. The van der Waals surface area contributed by atoms with Gasteiger partial charge in [0.25, 0.3) is 6.43 Å². The zero-order chi connectivity index (χ0) is 14.1. The molecule has 7 heteroatoms. The maximum absolute atomic E-state index is 11.8. The highest BCUT2D eigenvalue weighted by molar-refractivity contribution is 7.12. The first-order valence-corrected chi connectivity index (χ1v) is 6.64. The molecule has 0 aliphatic heterocycles. The van der Waals surface area contributed by atoms with Gasteiger partial charge in [0.2, 0.25) is 0 Å². The number of rotatable bonds is 9. The molecule has 1 N–H and O–H groups in total. The summed E-state index contributed by atoms with van der Waals surface area (Å²) in [5.41, 5.74) is 0. The minimum atomic E-state index is -2.42. The molecule has 1 aromatic rings. The summed E-state index contributed by atoms with van der Waals surface area (Å²) in [6.07, 6.45) is -2.14. The molecule has 0 aromatic carbocycles. The third-order valence-corrected chi connectivity index (χ3v) is 3.32. The molecule has 0 spiro atoms. The second-order valence-electron chi connectivity index (χ2n) is 3.76. The summed E-state index contributed by atoms with van der Waals surface area (Å²) in [4.78, 5) is 13.1. The third kappa shape index (κ3) is 7.19. The third-order valence-electron chi connectivity index (χ3n) is 2.23. The lowest BCUT2D eigenvalue weighted by Crippen LogP contribution is -2.20. The van der Waals surface area contributed by atoms with Crippen molar-refractivity contribution < 1.29 is 23.0 Å². The Kier molecular flexibility index (Phi) is 7.54. The molecule has 0 radical (unpaired) electrons. The van der Waals surface area contributed by atoms with Crippen LogP contribution in [0.3, 0.4) is 0 Å². The first-order chi connectivity index (χ1) is 9.11. The number of methoxy groups -OCH3 is 1. The second-order valence-corrected chi connectivity index (χ2v) is 5.02. The van der Waals surface area contributed by atoms with E-state index in [9.17, 15) is 13.6 Å². The minimum absolute atomic E-state index is 0.255. The van der Waals surface area contributed by atoms with Crippen molar-refractivity contribution >= 4 is 17.3 Å². The van der Waals surface area contributed by atoms with Gasteiger partial charge in [0, 0.05) is 22.8 Å². The van der Waals surface area contributed by atoms with E-state index >= 15 is 0 Å². The molecule has 19 heavy (non-hydrogen) atoms. The highest BCUT2D eigenvalue weighted by Crippen LogP contribution is 2.17. The fraction of sp³-hybridized carbons (Fsp3) is 0.583. The van der Waals surface area contributed by atoms with Gasteiger partial charge in [-0.2, -0.15) is 0 Å². The summed E-state index contributed by atoms with van der Waals surface area (Å²) in [6.45, 7) is 0.871. The number of carbonyl (C=O) groups is 1. The Labute approximate surface area is 114 Å². The van der Waals surface area contributed by atoms with Crippen LogP contribution in [0.15, 0.2) is 12.1 Å². The largest absolute Gasteiger partial charge is 0.469 e. The molecule has 0 fully saturated rings. The van der Waals surface area contributed by atoms with Gasteiger partial charge in [-0.1, -0.05) is 0 Å². The number of esters is 1. The summed E-state index contributed by atoms with van der Waals surface area (Å²) in [5.74, 6) is -0.262. The number of halogens is 2. The van der Waals surface area contributed by atoms with Gasteiger partial charge in [-0.3, -0.25) is 4.79 Å². The van der Waals surface area contributed by atoms with Crippen molar-refractivity contribution in [2.45, 2.75) is 19.4 Å². The predicted molar refractivity (Wildman–Crippen MR) is 68.6 cm³/mol. The summed E-state index contributed by atoms with van der Waals surface area (Å²) < 4.78 is 32.8. The van der Waals surface area contributed by atoms with Crippen molar-refractivity contribution in [2.24, 2.45) is 0 Å². The van der Waals surface area contributed by atoms with E-state index in [4.69, 9.17) is 4.74 Å². The molecule has 0 unspecified atom stereocenters. The van der Waals surface area contributed by atoms with Gasteiger partial charge in [-0.25, -0.2) is 8.78 Å². The standard InChI is InChI=1S/C12H17F2NO3S/c1-17-12(16)6-9-2-3-10(19-9)7-15-4-5-18-8-11(13)14/h2-3,11,15H,4-8H2,1H3. The van der Waals surface area contributed by atoms with Crippen LogP contribution in [0.5, 0.6) is 0 Å². The molecule has 0 aliphatic carbocycles. The van der Waals surface area contributed by atoms with Crippen LogP contribution in [0.1, 0.15) is 9.75 Å². The highest BCUT2D eigenvalue weighted by atomic mass is 32.1. The van der Waals surface area contributed by atoms with Crippen molar-refractivity contribution in [1.29, 1.82) is 0 Å². The SMILES string of the molecule is COC(=O)Cc1ccc(CNCCOCC(F)F)s1. The van der Waals surface area contributed by atoms with Crippen LogP contribution in [-0.4, -0.2) is 39.3 Å². The van der Waals surface area contributed by atoms with Crippen molar-refractivity contribution in [2.75, 3.05) is 26.9 Å². The molecular weight excluding hydrogens is 276 g/mol. The molecule has 0 saturated carbocycles. The monoisotopic (exact) mass is 293 g/mol. The van der Waals surface area contributed by atoms with Crippen LogP contribution in [0.25, 0.3) is 0 Å². The lowest BCUT2D eigenvalue weighted by atomic mass is 10.3. The smallest absolute Gasteiger partial charge is 0.310 e. The van der Waals surface area contributed by atoms with Gasteiger partial charge in [-0.05, 0) is 12.1 Å². The zero-order valence-corrected chi connectivity index (χ0v) is 11.5. The Morgan fingerprint density at radius 2 is 2.16 bits per heavy atom. The Balaban J connectivity index is 2.14. The normalized spacial score (nSPS) is 10.9. The topological polar surface area (TPSA) is 47.6 Å². The Morgan fingerprint density at radius 1 is 1.42 bits per heavy atom. The van der Waals surface area contributed by atoms with E-state index in [-0.39, 0.29) is 19.0 Å². The van der Waals surface area contributed by atoms with Gasteiger partial charge >= 0.3 is 5.97 Å². The van der Waals surface area contributed by atoms with Gasteiger partial charge in [0.05, 0.1) is 20.1 Å². The molecule has 0 aliphatic rings. The highest BCUT2D eigenvalue weighted by Gasteiger charge is 2.06. The molecule has 0 atom stereocenters. The molecule has 1 rings (SSSR count). The fourth-order valence-electron chi connectivity index (χ4n) is 1.36. The van der Waals surface area contributed by atoms with Gasteiger partial charge in [-0.15, -0.1) is 11.3 Å². The molecule has 4 nitrogen and oxygen atoms in total. The van der Waals surface area contributed by atoms with Crippen LogP contribution in [-0.2, 0) is 27.2 Å². The summed E-state index contributed by atoms with van der Waals surface area (Å²) in [6, 6.07) is 3.81. The lowest BCUT2D eigenvalue weighted by molar-refractivity contribution is -0.139. The Bertz CT molecular complexity index is 385. The molecular formula is C12H17F2NO3S. The van der Waals surface area contributed by atoms with Crippen LogP contribution in [0.2, 0.25) is 0 Å². The van der Waals surface area contributed by atoms with E-state index in [2.05, 4.69) is 10.1 Å². The Hall–Kier alpha value is -1.05. The van der Waals surface area contributed by atoms with E-state index in [1.54, 1.807) is 0 Å². The first kappa shape index (κ1) is 16.0.